The summed E-state index contributed by atoms with van der Waals surface area (Å²) >= 11 is 0. The Morgan fingerprint density at radius 1 is 1.26 bits per heavy atom. The zero-order valence-electron chi connectivity index (χ0n) is 12.8. The van der Waals surface area contributed by atoms with Crippen molar-refractivity contribution in [2.45, 2.75) is 27.7 Å². The van der Waals surface area contributed by atoms with E-state index in [1.54, 1.807) is 7.11 Å². The van der Waals surface area contributed by atoms with Gasteiger partial charge in [0.05, 0.1) is 7.11 Å². The number of carbonyl (C=O) groups excluding carboxylic acids is 1. The molecule has 3 nitrogen and oxygen atoms in total. The summed E-state index contributed by atoms with van der Waals surface area (Å²) in [5.41, 5.74) is 2.87. The zero-order chi connectivity index (χ0) is 14.6. The minimum atomic E-state index is 0.0106. The van der Waals surface area contributed by atoms with Gasteiger partial charge in [-0.1, -0.05) is 13.8 Å². The standard InChI is InChI=1S/C16H25NO2/c1-10(2)14(9-17-5)16(18)13-7-8-15(19-6)12(4)11(13)3/h7-8,10,14,17H,9H2,1-6H3. The third-order valence-electron chi connectivity index (χ3n) is 3.79. The van der Waals surface area contributed by atoms with Gasteiger partial charge in [-0.25, -0.2) is 0 Å². The monoisotopic (exact) mass is 263 g/mol. The number of carbonyl (C=O) groups is 1. The van der Waals surface area contributed by atoms with Crippen LogP contribution in [-0.4, -0.2) is 26.5 Å². The van der Waals surface area contributed by atoms with Gasteiger partial charge in [-0.05, 0) is 50.1 Å². The molecule has 1 N–H and O–H groups in total. The van der Waals surface area contributed by atoms with Crippen LogP contribution >= 0.6 is 0 Å². The first-order valence-corrected chi connectivity index (χ1v) is 6.77. The number of benzene rings is 1. The molecule has 1 rings (SSSR count). The molecule has 0 amide bonds. The van der Waals surface area contributed by atoms with Crippen LogP contribution in [-0.2, 0) is 0 Å². The number of rotatable bonds is 6. The first kappa shape index (κ1) is 15.7. The van der Waals surface area contributed by atoms with Crippen molar-refractivity contribution in [2.75, 3.05) is 20.7 Å². The summed E-state index contributed by atoms with van der Waals surface area (Å²) < 4.78 is 5.29. The van der Waals surface area contributed by atoms with Gasteiger partial charge < -0.3 is 10.1 Å². The third-order valence-corrected chi connectivity index (χ3v) is 3.79. The molecular formula is C16H25NO2. The Kier molecular flexibility index (Phi) is 5.55. The molecule has 106 valence electrons. The Morgan fingerprint density at radius 2 is 1.89 bits per heavy atom. The number of hydrogen-bond donors (Lipinski definition) is 1. The van der Waals surface area contributed by atoms with E-state index in [2.05, 4.69) is 19.2 Å². The lowest BCUT2D eigenvalue weighted by Crippen LogP contribution is -2.31. The quantitative estimate of drug-likeness (QED) is 0.802. The fraction of sp³-hybridized carbons (Fsp3) is 0.562. The minimum absolute atomic E-state index is 0.0106. The van der Waals surface area contributed by atoms with Crippen molar-refractivity contribution >= 4 is 5.78 Å². The second kappa shape index (κ2) is 6.71. The Hall–Kier alpha value is -1.35. The molecule has 0 bridgehead atoms. The van der Waals surface area contributed by atoms with Crippen molar-refractivity contribution in [3.8, 4) is 5.75 Å². The number of nitrogens with one attached hydrogen (secondary N) is 1. The summed E-state index contributed by atoms with van der Waals surface area (Å²) in [6, 6.07) is 3.76. The molecule has 0 aliphatic carbocycles. The molecule has 3 heteroatoms. The summed E-state index contributed by atoms with van der Waals surface area (Å²) in [6.45, 7) is 8.87. The highest BCUT2D eigenvalue weighted by Crippen LogP contribution is 2.27. The average molecular weight is 263 g/mol. The minimum Gasteiger partial charge on any atom is -0.496 e. The Balaban J connectivity index is 3.15. The van der Waals surface area contributed by atoms with E-state index in [0.717, 1.165) is 22.4 Å². The molecular weight excluding hydrogens is 238 g/mol. The van der Waals surface area contributed by atoms with Crippen LogP contribution < -0.4 is 10.1 Å². The largest absolute Gasteiger partial charge is 0.496 e. The number of ketones is 1. The van der Waals surface area contributed by atoms with Crippen LogP contribution in [0.1, 0.15) is 35.3 Å². The van der Waals surface area contributed by atoms with Crippen LogP contribution in [0.4, 0.5) is 0 Å². The molecule has 0 aliphatic rings. The van der Waals surface area contributed by atoms with Crippen LogP contribution in [0.25, 0.3) is 0 Å². The SMILES string of the molecule is CNCC(C(=O)c1ccc(OC)c(C)c1C)C(C)C. The highest BCUT2D eigenvalue weighted by atomic mass is 16.5. The fourth-order valence-corrected chi connectivity index (χ4v) is 2.33. The second-order valence-electron chi connectivity index (χ2n) is 5.34. The average Bonchev–Trinajstić information content (AvgIpc) is 2.38. The van der Waals surface area contributed by atoms with Crippen molar-refractivity contribution in [3.05, 3.63) is 28.8 Å². The third kappa shape index (κ3) is 3.35. The van der Waals surface area contributed by atoms with E-state index >= 15 is 0 Å². The summed E-state index contributed by atoms with van der Waals surface area (Å²) in [6.07, 6.45) is 0. The van der Waals surface area contributed by atoms with Crippen molar-refractivity contribution in [1.29, 1.82) is 0 Å². The lowest BCUT2D eigenvalue weighted by Gasteiger charge is -2.21. The summed E-state index contributed by atoms with van der Waals surface area (Å²) in [7, 11) is 3.54. The molecule has 19 heavy (non-hydrogen) atoms. The summed E-state index contributed by atoms with van der Waals surface area (Å²) in [5.74, 6) is 1.38. The second-order valence-corrected chi connectivity index (χ2v) is 5.34. The molecule has 0 saturated heterocycles. The maximum Gasteiger partial charge on any atom is 0.167 e. The molecule has 0 spiro atoms. The lowest BCUT2D eigenvalue weighted by atomic mass is 9.85. The zero-order valence-corrected chi connectivity index (χ0v) is 12.8. The number of hydrogen-bond acceptors (Lipinski definition) is 3. The molecule has 0 aliphatic heterocycles. The highest BCUT2D eigenvalue weighted by molar-refractivity contribution is 6.00. The Morgan fingerprint density at radius 3 is 2.37 bits per heavy atom. The molecule has 0 aromatic heterocycles. The summed E-state index contributed by atoms with van der Waals surface area (Å²) in [5, 5.41) is 3.11. The van der Waals surface area contributed by atoms with Gasteiger partial charge >= 0.3 is 0 Å². The van der Waals surface area contributed by atoms with Gasteiger partial charge in [0.15, 0.2) is 5.78 Å². The highest BCUT2D eigenvalue weighted by Gasteiger charge is 2.24. The van der Waals surface area contributed by atoms with Crippen molar-refractivity contribution < 1.29 is 9.53 Å². The molecule has 1 unspecified atom stereocenters. The normalized spacial score (nSPS) is 12.6. The van der Waals surface area contributed by atoms with E-state index in [0.29, 0.717) is 12.5 Å². The van der Waals surface area contributed by atoms with Gasteiger partial charge in [-0.15, -0.1) is 0 Å². The van der Waals surface area contributed by atoms with Crippen LogP contribution in [0.2, 0.25) is 0 Å². The van der Waals surface area contributed by atoms with Gasteiger partial charge in [-0.3, -0.25) is 4.79 Å². The Labute approximate surface area is 116 Å². The van der Waals surface area contributed by atoms with E-state index in [-0.39, 0.29) is 11.7 Å². The predicted molar refractivity (Wildman–Crippen MR) is 79.1 cm³/mol. The molecule has 0 heterocycles. The van der Waals surface area contributed by atoms with Crippen LogP contribution in [0.3, 0.4) is 0 Å². The molecule has 0 radical (unpaired) electrons. The molecule has 0 fully saturated rings. The van der Waals surface area contributed by atoms with Gasteiger partial charge in [-0.2, -0.15) is 0 Å². The van der Waals surface area contributed by atoms with Gasteiger partial charge in [0.2, 0.25) is 0 Å². The van der Waals surface area contributed by atoms with E-state index in [1.165, 1.54) is 0 Å². The lowest BCUT2D eigenvalue weighted by molar-refractivity contribution is 0.0885. The molecule has 1 aromatic carbocycles. The van der Waals surface area contributed by atoms with Gasteiger partial charge in [0.1, 0.15) is 5.75 Å². The first-order valence-electron chi connectivity index (χ1n) is 6.77. The fourth-order valence-electron chi connectivity index (χ4n) is 2.33. The van der Waals surface area contributed by atoms with Gasteiger partial charge in [0.25, 0.3) is 0 Å². The van der Waals surface area contributed by atoms with Crippen LogP contribution in [0.5, 0.6) is 5.75 Å². The van der Waals surface area contributed by atoms with E-state index < -0.39 is 0 Å². The van der Waals surface area contributed by atoms with E-state index in [4.69, 9.17) is 4.74 Å². The van der Waals surface area contributed by atoms with Crippen LogP contribution in [0.15, 0.2) is 12.1 Å². The van der Waals surface area contributed by atoms with Crippen LogP contribution in [0, 0.1) is 25.7 Å². The predicted octanol–water partition coefficient (Wildman–Crippen LogP) is 2.99. The van der Waals surface area contributed by atoms with Crippen molar-refractivity contribution in [1.82, 2.24) is 5.32 Å². The van der Waals surface area contributed by atoms with E-state index in [9.17, 15) is 4.79 Å². The number of methoxy groups -OCH3 is 1. The first-order chi connectivity index (χ1) is 8.93. The van der Waals surface area contributed by atoms with Crippen molar-refractivity contribution in [3.63, 3.8) is 0 Å². The number of Topliss-reactive ketones (excluding diaryl/α,β-unsaturated/α-hetero) is 1. The van der Waals surface area contributed by atoms with E-state index in [1.807, 2.05) is 33.0 Å². The van der Waals surface area contributed by atoms with Crippen molar-refractivity contribution in [2.24, 2.45) is 11.8 Å². The topological polar surface area (TPSA) is 38.3 Å². The Bertz CT molecular complexity index is 452. The number of ether oxygens (including phenoxy) is 1. The molecule has 0 saturated carbocycles. The molecule has 1 atom stereocenters. The summed E-state index contributed by atoms with van der Waals surface area (Å²) in [4.78, 5) is 12.7. The molecule has 1 aromatic rings. The maximum absolute atomic E-state index is 12.7. The van der Waals surface area contributed by atoms with Gasteiger partial charge in [0, 0.05) is 18.0 Å². The maximum atomic E-state index is 12.7. The smallest absolute Gasteiger partial charge is 0.167 e.